The number of nitrogens with zero attached hydrogens (tertiary/aromatic N) is 1. The smallest absolute Gasteiger partial charge is 0.336 e. The van der Waals surface area contributed by atoms with E-state index in [9.17, 15) is 14.4 Å². The largest absolute Gasteiger partial charge is 0.463 e. The van der Waals surface area contributed by atoms with Gasteiger partial charge in [-0.1, -0.05) is 35.9 Å². The summed E-state index contributed by atoms with van der Waals surface area (Å²) in [5.74, 6) is -2.30. The van der Waals surface area contributed by atoms with Gasteiger partial charge >= 0.3 is 5.97 Å². The van der Waals surface area contributed by atoms with Crippen LogP contribution in [0.3, 0.4) is 0 Å². The molecule has 0 saturated heterocycles. The van der Waals surface area contributed by atoms with E-state index in [-0.39, 0.29) is 24.5 Å². The molecule has 1 heterocycles. The molecule has 0 radical (unpaired) electrons. The Labute approximate surface area is 174 Å². The molecular formula is C22H21ClN2O4. The lowest BCUT2D eigenvalue weighted by Gasteiger charge is -2.33. The highest BCUT2D eigenvalue weighted by atomic mass is 35.5. The predicted octanol–water partition coefficient (Wildman–Crippen LogP) is 4.17. The van der Waals surface area contributed by atoms with Gasteiger partial charge in [-0.25, -0.2) is 4.79 Å². The zero-order valence-electron chi connectivity index (χ0n) is 16.1. The molecule has 0 saturated carbocycles. The van der Waals surface area contributed by atoms with Gasteiger partial charge in [0.05, 0.1) is 18.1 Å². The van der Waals surface area contributed by atoms with Gasteiger partial charge in [-0.2, -0.15) is 0 Å². The molecule has 1 aliphatic rings. The number of rotatable bonds is 5. The second kappa shape index (κ2) is 8.92. The third-order valence-corrected chi connectivity index (χ3v) is 4.86. The van der Waals surface area contributed by atoms with Gasteiger partial charge in [0.15, 0.2) is 0 Å². The van der Waals surface area contributed by atoms with Crippen molar-refractivity contribution in [1.82, 2.24) is 0 Å². The first-order valence-electron chi connectivity index (χ1n) is 9.24. The number of carbonyl (C=O) groups is 3. The Bertz CT molecular complexity index is 972. The van der Waals surface area contributed by atoms with Crippen molar-refractivity contribution in [3.63, 3.8) is 0 Å². The van der Waals surface area contributed by atoms with Crippen molar-refractivity contribution in [1.29, 1.82) is 0 Å². The number of benzene rings is 2. The molecule has 1 atom stereocenters. The van der Waals surface area contributed by atoms with Crippen molar-refractivity contribution in [3.05, 3.63) is 70.9 Å². The van der Waals surface area contributed by atoms with Crippen LogP contribution in [0, 0.1) is 5.92 Å². The van der Waals surface area contributed by atoms with Gasteiger partial charge in [-0.15, -0.1) is 0 Å². The van der Waals surface area contributed by atoms with Gasteiger partial charge in [0.25, 0.3) is 0 Å². The molecule has 0 fully saturated rings. The van der Waals surface area contributed by atoms with Gasteiger partial charge in [0.1, 0.15) is 0 Å². The SMILES string of the molecule is CCOC(=O)C1=C(C)N(c2ccccc2)C(=O)C[C@@H]1C(=O)Nc1cccc(Cl)c1. The van der Waals surface area contributed by atoms with E-state index < -0.39 is 17.8 Å². The second-order valence-electron chi connectivity index (χ2n) is 6.54. The number of halogens is 1. The number of allylic oxidation sites excluding steroid dienone is 1. The number of esters is 1. The van der Waals surface area contributed by atoms with Crippen LogP contribution in [-0.2, 0) is 19.1 Å². The van der Waals surface area contributed by atoms with Gasteiger partial charge in [0, 0.05) is 28.5 Å². The average Bonchev–Trinajstić information content (AvgIpc) is 2.68. The van der Waals surface area contributed by atoms with Crippen LogP contribution in [0.4, 0.5) is 11.4 Å². The highest BCUT2D eigenvalue weighted by Crippen LogP contribution is 2.34. The summed E-state index contributed by atoms with van der Waals surface area (Å²) in [5, 5.41) is 3.21. The predicted molar refractivity (Wildman–Crippen MR) is 111 cm³/mol. The number of anilines is 2. The lowest BCUT2D eigenvalue weighted by atomic mass is 9.88. The highest BCUT2D eigenvalue weighted by molar-refractivity contribution is 6.30. The fraction of sp³-hybridized carbons (Fsp3) is 0.227. The molecular weight excluding hydrogens is 392 g/mol. The Morgan fingerprint density at radius 1 is 1.17 bits per heavy atom. The van der Waals surface area contributed by atoms with Gasteiger partial charge < -0.3 is 10.1 Å². The number of carbonyl (C=O) groups excluding carboxylic acids is 3. The Kier molecular flexibility index (Phi) is 6.34. The first-order chi connectivity index (χ1) is 13.9. The molecule has 6 nitrogen and oxygen atoms in total. The molecule has 1 aliphatic heterocycles. The maximum Gasteiger partial charge on any atom is 0.336 e. The van der Waals surface area contributed by atoms with E-state index >= 15 is 0 Å². The fourth-order valence-corrected chi connectivity index (χ4v) is 3.55. The van der Waals surface area contributed by atoms with Gasteiger partial charge in [0.2, 0.25) is 11.8 Å². The van der Waals surface area contributed by atoms with E-state index in [1.165, 1.54) is 4.90 Å². The Hall–Kier alpha value is -3.12. The summed E-state index contributed by atoms with van der Waals surface area (Å²) < 4.78 is 5.19. The number of amides is 2. The van der Waals surface area contributed by atoms with E-state index in [4.69, 9.17) is 16.3 Å². The van der Waals surface area contributed by atoms with Crippen LogP contribution >= 0.6 is 11.6 Å². The van der Waals surface area contributed by atoms with Crippen LogP contribution in [0.5, 0.6) is 0 Å². The zero-order chi connectivity index (χ0) is 21.0. The number of para-hydroxylation sites is 1. The molecule has 2 aromatic carbocycles. The van der Waals surface area contributed by atoms with Crippen molar-refractivity contribution in [3.8, 4) is 0 Å². The maximum absolute atomic E-state index is 13.0. The molecule has 7 heteroatoms. The molecule has 2 amide bonds. The summed E-state index contributed by atoms with van der Waals surface area (Å²) in [4.78, 5) is 40.0. The summed E-state index contributed by atoms with van der Waals surface area (Å²) in [7, 11) is 0. The van der Waals surface area contributed by atoms with E-state index in [0.717, 1.165) is 0 Å². The van der Waals surface area contributed by atoms with Crippen molar-refractivity contribution in [2.24, 2.45) is 5.92 Å². The van der Waals surface area contributed by atoms with Crippen LogP contribution < -0.4 is 10.2 Å². The van der Waals surface area contributed by atoms with Crippen LogP contribution in [0.1, 0.15) is 20.3 Å². The Morgan fingerprint density at radius 3 is 2.55 bits per heavy atom. The van der Waals surface area contributed by atoms with Crippen molar-refractivity contribution < 1.29 is 19.1 Å². The van der Waals surface area contributed by atoms with E-state index in [0.29, 0.717) is 22.1 Å². The van der Waals surface area contributed by atoms with Gasteiger partial charge in [-0.05, 0) is 44.2 Å². The number of nitrogens with one attached hydrogen (secondary N) is 1. The fourth-order valence-electron chi connectivity index (χ4n) is 3.36. The third kappa shape index (κ3) is 4.49. The third-order valence-electron chi connectivity index (χ3n) is 4.62. The van der Waals surface area contributed by atoms with Gasteiger partial charge in [-0.3, -0.25) is 14.5 Å². The minimum atomic E-state index is -0.958. The first-order valence-corrected chi connectivity index (χ1v) is 9.62. The molecule has 2 aromatic rings. The lowest BCUT2D eigenvalue weighted by Crippen LogP contribution is -2.43. The topological polar surface area (TPSA) is 75.7 Å². The highest BCUT2D eigenvalue weighted by Gasteiger charge is 2.40. The summed E-state index contributed by atoms with van der Waals surface area (Å²) in [6.07, 6.45) is -0.146. The molecule has 3 rings (SSSR count). The normalized spacial score (nSPS) is 16.6. The zero-order valence-corrected chi connectivity index (χ0v) is 16.9. The minimum absolute atomic E-state index is 0.146. The molecule has 0 spiro atoms. The van der Waals surface area contributed by atoms with Crippen LogP contribution in [0.15, 0.2) is 65.9 Å². The summed E-state index contributed by atoms with van der Waals surface area (Å²) in [5.41, 5.74) is 1.68. The van der Waals surface area contributed by atoms with Crippen molar-refractivity contribution >= 4 is 40.8 Å². The quantitative estimate of drug-likeness (QED) is 0.748. The van der Waals surface area contributed by atoms with Crippen LogP contribution in [0.2, 0.25) is 5.02 Å². The molecule has 0 aliphatic carbocycles. The van der Waals surface area contributed by atoms with E-state index in [1.54, 1.807) is 62.4 Å². The monoisotopic (exact) mass is 412 g/mol. The van der Waals surface area contributed by atoms with E-state index in [2.05, 4.69) is 5.32 Å². The molecule has 29 heavy (non-hydrogen) atoms. The number of ether oxygens (including phenoxy) is 1. The Morgan fingerprint density at radius 2 is 1.90 bits per heavy atom. The summed E-state index contributed by atoms with van der Waals surface area (Å²) in [6.45, 7) is 3.51. The lowest BCUT2D eigenvalue weighted by molar-refractivity contribution is -0.141. The average molecular weight is 413 g/mol. The standard InChI is InChI=1S/C22H21ClN2O4/c1-3-29-22(28)20-14(2)25(17-10-5-4-6-11-17)19(26)13-18(20)21(27)24-16-9-7-8-15(23)12-16/h4-12,18H,3,13H2,1-2H3,(H,24,27)/t18-/m0/s1. The molecule has 0 aromatic heterocycles. The Balaban J connectivity index is 1.99. The molecule has 0 unspecified atom stereocenters. The van der Waals surface area contributed by atoms with E-state index in [1.807, 2.05) is 6.07 Å². The van der Waals surface area contributed by atoms with Crippen molar-refractivity contribution in [2.75, 3.05) is 16.8 Å². The molecule has 150 valence electrons. The van der Waals surface area contributed by atoms with Crippen LogP contribution in [0.25, 0.3) is 0 Å². The number of hydrogen-bond donors (Lipinski definition) is 1. The molecule has 0 bridgehead atoms. The second-order valence-corrected chi connectivity index (χ2v) is 6.98. The summed E-state index contributed by atoms with van der Waals surface area (Å²) >= 11 is 5.97. The first kappa shape index (κ1) is 20.6. The minimum Gasteiger partial charge on any atom is -0.463 e. The van der Waals surface area contributed by atoms with Crippen molar-refractivity contribution in [2.45, 2.75) is 20.3 Å². The summed E-state index contributed by atoms with van der Waals surface area (Å²) in [6, 6.07) is 15.7. The van der Waals surface area contributed by atoms with Crippen LogP contribution in [-0.4, -0.2) is 24.4 Å². The maximum atomic E-state index is 13.0. The number of hydrogen-bond acceptors (Lipinski definition) is 4. The molecule has 1 N–H and O–H groups in total.